The summed E-state index contributed by atoms with van der Waals surface area (Å²) in [6, 6.07) is 12.7. The van der Waals surface area contributed by atoms with E-state index in [-0.39, 0.29) is 0 Å². The van der Waals surface area contributed by atoms with Gasteiger partial charge in [-0.25, -0.2) is 0 Å². The molecule has 2 nitrogen and oxygen atoms in total. The number of ether oxygens (including phenoxy) is 1. The van der Waals surface area contributed by atoms with E-state index in [0.29, 0.717) is 6.61 Å². The highest BCUT2D eigenvalue weighted by atomic mass is 16.5. The average molecular weight is 269 g/mol. The van der Waals surface area contributed by atoms with Crippen LogP contribution in [-0.4, -0.2) is 13.2 Å². The molecule has 0 aromatic heterocycles. The molecule has 106 valence electrons. The average Bonchev–Trinajstić information content (AvgIpc) is 2.36. The quantitative estimate of drug-likeness (QED) is 0.812. The molecule has 2 aromatic carbocycles. The first-order valence-electron chi connectivity index (χ1n) is 7.07. The van der Waals surface area contributed by atoms with E-state index in [9.17, 15) is 0 Å². The first kappa shape index (κ1) is 14.4. The van der Waals surface area contributed by atoms with Crippen LogP contribution >= 0.6 is 0 Å². The Morgan fingerprint density at radius 3 is 2.25 bits per heavy atom. The number of hydrogen-bond acceptors (Lipinski definition) is 2. The summed E-state index contributed by atoms with van der Waals surface area (Å²) in [6.45, 7) is 9.88. The molecule has 0 unspecified atom stereocenters. The fourth-order valence-electron chi connectivity index (χ4n) is 2.50. The third kappa shape index (κ3) is 3.77. The summed E-state index contributed by atoms with van der Waals surface area (Å²) in [5, 5.41) is 3.38. The predicted octanol–water partition coefficient (Wildman–Crippen LogP) is 4.41. The first-order chi connectivity index (χ1) is 9.56. The highest BCUT2D eigenvalue weighted by molar-refractivity contribution is 5.45. The summed E-state index contributed by atoms with van der Waals surface area (Å²) in [4.78, 5) is 0. The molecule has 0 heterocycles. The summed E-state index contributed by atoms with van der Waals surface area (Å²) in [5.74, 6) is 1.02. The van der Waals surface area contributed by atoms with E-state index in [0.717, 1.165) is 18.0 Å². The minimum Gasteiger partial charge on any atom is -0.491 e. The smallest absolute Gasteiger partial charge is 0.125 e. The van der Waals surface area contributed by atoms with E-state index in [1.807, 2.05) is 0 Å². The minimum absolute atomic E-state index is 0.665. The SMILES string of the molecule is Cc1cccc(NCCOc2c(C)cc(C)cc2C)c1. The molecular weight excluding hydrogens is 246 g/mol. The molecular formula is C18H23NO. The lowest BCUT2D eigenvalue weighted by atomic mass is 10.1. The Balaban J connectivity index is 1.88. The molecule has 2 heteroatoms. The van der Waals surface area contributed by atoms with Gasteiger partial charge in [0.15, 0.2) is 0 Å². The van der Waals surface area contributed by atoms with Gasteiger partial charge in [0.1, 0.15) is 12.4 Å². The highest BCUT2D eigenvalue weighted by Crippen LogP contribution is 2.24. The van der Waals surface area contributed by atoms with Crippen molar-refractivity contribution in [2.24, 2.45) is 0 Å². The third-order valence-electron chi connectivity index (χ3n) is 3.30. The van der Waals surface area contributed by atoms with Gasteiger partial charge in [-0.3, -0.25) is 0 Å². The number of hydrogen-bond donors (Lipinski definition) is 1. The van der Waals surface area contributed by atoms with Gasteiger partial charge < -0.3 is 10.1 Å². The van der Waals surface area contributed by atoms with E-state index in [4.69, 9.17) is 4.74 Å². The van der Waals surface area contributed by atoms with Crippen LogP contribution in [0.25, 0.3) is 0 Å². The van der Waals surface area contributed by atoms with Gasteiger partial charge in [-0.1, -0.05) is 29.8 Å². The normalized spacial score (nSPS) is 10.4. The van der Waals surface area contributed by atoms with Crippen molar-refractivity contribution in [3.05, 3.63) is 58.7 Å². The van der Waals surface area contributed by atoms with Crippen LogP contribution in [0.4, 0.5) is 5.69 Å². The van der Waals surface area contributed by atoms with Crippen LogP contribution in [0.1, 0.15) is 22.3 Å². The van der Waals surface area contributed by atoms with E-state index >= 15 is 0 Å². The number of benzene rings is 2. The summed E-state index contributed by atoms with van der Waals surface area (Å²) < 4.78 is 5.91. The Bertz CT molecular complexity index is 567. The van der Waals surface area contributed by atoms with Gasteiger partial charge >= 0.3 is 0 Å². The molecule has 0 spiro atoms. The van der Waals surface area contributed by atoms with E-state index in [2.05, 4.69) is 69.4 Å². The summed E-state index contributed by atoms with van der Waals surface area (Å²) in [7, 11) is 0. The van der Waals surface area contributed by atoms with Crippen molar-refractivity contribution < 1.29 is 4.74 Å². The molecule has 0 atom stereocenters. The largest absolute Gasteiger partial charge is 0.491 e. The van der Waals surface area contributed by atoms with Gasteiger partial charge in [0.2, 0.25) is 0 Å². The van der Waals surface area contributed by atoms with Crippen molar-refractivity contribution >= 4 is 5.69 Å². The molecule has 0 aliphatic rings. The van der Waals surface area contributed by atoms with Crippen LogP contribution in [-0.2, 0) is 0 Å². The third-order valence-corrected chi connectivity index (χ3v) is 3.30. The van der Waals surface area contributed by atoms with Gasteiger partial charge in [0.25, 0.3) is 0 Å². The van der Waals surface area contributed by atoms with Crippen LogP contribution in [0.15, 0.2) is 36.4 Å². The topological polar surface area (TPSA) is 21.3 Å². The van der Waals surface area contributed by atoms with Gasteiger partial charge in [0, 0.05) is 12.2 Å². The van der Waals surface area contributed by atoms with Gasteiger partial charge in [-0.05, 0) is 56.5 Å². The fourth-order valence-corrected chi connectivity index (χ4v) is 2.50. The predicted molar refractivity (Wildman–Crippen MR) is 85.8 cm³/mol. The lowest BCUT2D eigenvalue weighted by Gasteiger charge is -2.14. The van der Waals surface area contributed by atoms with Crippen LogP contribution in [0.3, 0.4) is 0 Å². The minimum atomic E-state index is 0.665. The summed E-state index contributed by atoms with van der Waals surface area (Å²) >= 11 is 0. The zero-order chi connectivity index (χ0) is 14.5. The Morgan fingerprint density at radius 1 is 0.900 bits per heavy atom. The van der Waals surface area contributed by atoms with Crippen molar-refractivity contribution in [1.82, 2.24) is 0 Å². The molecule has 1 N–H and O–H groups in total. The molecule has 0 bridgehead atoms. The molecule has 0 saturated carbocycles. The number of anilines is 1. The molecule has 0 aliphatic carbocycles. The Labute approximate surface area is 121 Å². The Kier molecular flexibility index (Phi) is 4.67. The van der Waals surface area contributed by atoms with Crippen LogP contribution in [0.2, 0.25) is 0 Å². The molecule has 0 saturated heterocycles. The maximum absolute atomic E-state index is 5.91. The second-order valence-corrected chi connectivity index (χ2v) is 5.37. The van der Waals surface area contributed by atoms with Crippen molar-refractivity contribution in [3.63, 3.8) is 0 Å². The monoisotopic (exact) mass is 269 g/mol. The zero-order valence-corrected chi connectivity index (χ0v) is 12.8. The van der Waals surface area contributed by atoms with Gasteiger partial charge in [-0.15, -0.1) is 0 Å². The number of rotatable bonds is 5. The maximum atomic E-state index is 5.91. The molecule has 2 aromatic rings. The molecule has 0 aliphatic heterocycles. The standard InChI is InChI=1S/C18H23NO/c1-13-6-5-7-17(12-13)19-8-9-20-18-15(3)10-14(2)11-16(18)4/h5-7,10-12,19H,8-9H2,1-4H3. The maximum Gasteiger partial charge on any atom is 0.125 e. The molecule has 20 heavy (non-hydrogen) atoms. The Hall–Kier alpha value is -1.96. The van der Waals surface area contributed by atoms with E-state index in [1.54, 1.807) is 0 Å². The number of aryl methyl sites for hydroxylation is 4. The van der Waals surface area contributed by atoms with E-state index in [1.165, 1.54) is 22.3 Å². The van der Waals surface area contributed by atoms with Crippen molar-refractivity contribution in [2.45, 2.75) is 27.7 Å². The highest BCUT2D eigenvalue weighted by Gasteiger charge is 2.04. The number of nitrogens with one attached hydrogen (secondary N) is 1. The molecule has 0 fully saturated rings. The summed E-state index contributed by atoms with van der Waals surface area (Å²) in [5.41, 5.74) is 6.11. The van der Waals surface area contributed by atoms with Crippen molar-refractivity contribution in [1.29, 1.82) is 0 Å². The molecule has 0 radical (unpaired) electrons. The Morgan fingerprint density at radius 2 is 1.60 bits per heavy atom. The molecule has 0 amide bonds. The van der Waals surface area contributed by atoms with Crippen molar-refractivity contribution in [2.75, 3.05) is 18.5 Å². The molecule has 2 rings (SSSR count). The zero-order valence-electron chi connectivity index (χ0n) is 12.8. The van der Waals surface area contributed by atoms with E-state index < -0.39 is 0 Å². The first-order valence-corrected chi connectivity index (χ1v) is 7.07. The lowest BCUT2D eigenvalue weighted by Crippen LogP contribution is -2.12. The summed E-state index contributed by atoms with van der Waals surface area (Å²) in [6.07, 6.45) is 0. The second-order valence-electron chi connectivity index (χ2n) is 5.37. The van der Waals surface area contributed by atoms with Crippen LogP contribution in [0, 0.1) is 27.7 Å². The van der Waals surface area contributed by atoms with Crippen molar-refractivity contribution in [3.8, 4) is 5.75 Å². The van der Waals surface area contributed by atoms with Gasteiger partial charge in [-0.2, -0.15) is 0 Å². The lowest BCUT2D eigenvalue weighted by molar-refractivity contribution is 0.328. The fraction of sp³-hybridized carbons (Fsp3) is 0.333. The van der Waals surface area contributed by atoms with Crippen LogP contribution in [0.5, 0.6) is 5.75 Å². The van der Waals surface area contributed by atoms with Crippen LogP contribution < -0.4 is 10.1 Å². The second kappa shape index (κ2) is 6.47. The van der Waals surface area contributed by atoms with Gasteiger partial charge in [0.05, 0.1) is 0 Å².